The van der Waals surface area contributed by atoms with Gasteiger partial charge in [0.1, 0.15) is 36.3 Å². The third-order valence-corrected chi connectivity index (χ3v) is 16.2. The van der Waals surface area contributed by atoms with Crippen LogP contribution in [0.4, 0.5) is 8.78 Å². The molecular weight excluding hydrogens is 1080 g/mol. The second-order valence-corrected chi connectivity index (χ2v) is 22.5. The third-order valence-electron chi connectivity index (χ3n) is 16.2. The molecule has 0 radical (unpaired) electrons. The number of alkyl halides is 2. The first-order valence-corrected chi connectivity index (χ1v) is 31.0. The molecule has 4 heterocycles. The number of amides is 3. The van der Waals surface area contributed by atoms with E-state index in [0.29, 0.717) is 122 Å². The van der Waals surface area contributed by atoms with E-state index < -0.39 is 5.92 Å². The lowest BCUT2D eigenvalue weighted by atomic mass is 9.86. The summed E-state index contributed by atoms with van der Waals surface area (Å²) in [6.45, 7) is 9.33. The highest BCUT2D eigenvalue weighted by molar-refractivity contribution is 5.94. The molecule has 1 saturated carbocycles. The Bertz CT molecular complexity index is 2460. The molecule has 466 valence electrons. The number of benzene rings is 2. The second-order valence-electron chi connectivity index (χ2n) is 22.5. The number of rotatable bonds is 43. The van der Waals surface area contributed by atoms with Crippen LogP contribution in [-0.4, -0.2) is 170 Å². The van der Waals surface area contributed by atoms with Crippen LogP contribution in [0.5, 0.6) is 5.75 Å². The minimum atomic E-state index is -2.65. The van der Waals surface area contributed by atoms with Gasteiger partial charge in [-0.05, 0) is 101 Å². The zero-order valence-corrected chi connectivity index (χ0v) is 49.9. The van der Waals surface area contributed by atoms with Gasteiger partial charge in [0.05, 0.1) is 78.3 Å². The number of piperidine rings is 1. The molecule has 3 N–H and O–H groups in total. The number of hydrogen-bond acceptors (Lipinski definition) is 15. The molecule has 3 unspecified atom stereocenters. The molecule has 3 fully saturated rings. The number of carbonyl (C=O) groups is 3. The molecule has 3 atom stereocenters. The molecule has 2 bridgehead atoms. The van der Waals surface area contributed by atoms with E-state index in [-0.39, 0.29) is 62.0 Å². The minimum Gasteiger partial charge on any atom is -0.491 e. The zero-order valence-electron chi connectivity index (χ0n) is 49.9. The van der Waals surface area contributed by atoms with E-state index >= 15 is 0 Å². The molecule has 0 spiro atoms. The number of nitrogens with one attached hydrogen (secondary N) is 3. The fourth-order valence-corrected chi connectivity index (χ4v) is 11.6. The SMILES string of the molecule is COCCOCC(=O)NCCCNC(=O)c1ccc(OCCOCCOCCOCCOCc2cn(CCCCCCCCCCc3nnc(C)n3C3CC4CCC(C3)N4CCC(NC(=O)C3CCC(F)(F)CC3)c3ccccc3)nn2)cc1. The lowest BCUT2D eigenvalue weighted by molar-refractivity contribution is -0.130. The van der Waals surface area contributed by atoms with Gasteiger partial charge in [-0.15, -0.1) is 15.3 Å². The van der Waals surface area contributed by atoms with Crippen molar-refractivity contribution in [2.75, 3.05) is 99.4 Å². The van der Waals surface area contributed by atoms with Gasteiger partial charge in [0.2, 0.25) is 17.7 Å². The number of carbonyl (C=O) groups excluding carboxylic acids is 3. The highest BCUT2D eigenvalue weighted by atomic mass is 19.3. The molecule has 20 nitrogen and oxygen atoms in total. The van der Waals surface area contributed by atoms with Gasteiger partial charge < -0.3 is 53.7 Å². The Kier molecular flexibility index (Phi) is 29.2. The molecule has 84 heavy (non-hydrogen) atoms. The predicted octanol–water partition coefficient (Wildman–Crippen LogP) is 8.33. The van der Waals surface area contributed by atoms with Gasteiger partial charge >= 0.3 is 0 Å². The van der Waals surface area contributed by atoms with Gasteiger partial charge in [0, 0.05) is 82.2 Å². The van der Waals surface area contributed by atoms with E-state index in [1.807, 2.05) is 29.1 Å². The van der Waals surface area contributed by atoms with E-state index in [4.69, 9.17) is 33.2 Å². The maximum absolute atomic E-state index is 13.9. The average Bonchev–Trinajstić information content (AvgIpc) is 4.39. The number of fused-ring (bicyclic) bond motifs is 2. The summed E-state index contributed by atoms with van der Waals surface area (Å²) < 4.78 is 70.4. The number of nitrogens with zero attached hydrogens (tertiary/aromatic N) is 7. The lowest BCUT2D eigenvalue weighted by Gasteiger charge is -2.40. The summed E-state index contributed by atoms with van der Waals surface area (Å²) in [5.74, 6) is -0.718. The van der Waals surface area contributed by atoms with Crippen molar-refractivity contribution in [2.24, 2.45) is 5.92 Å². The van der Waals surface area contributed by atoms with Gasteiger partial charge in [-0.3, -0.25) is 24.0 Å². The first-order chi connectivity index (χ1) is 41.0. The van der Waals surface area contributed by atoms with Crippen LogP contribution in [0.15, 0.2) is 60.8 Å². The Morgan fingerprint density at radius 2 is 1.30 bits per heavy atom. The molecule has 1 aliphatic carbocycles. The Morgan fingerprint density at radius 3 is 1.99 bits per heavy atom. The van der Waals surface area contributed by atoms with Crippen LogP contribution in [-0.2, 0) is 57.6 Å². The van der Waals surface area contributed by atoms with Crippen LogP contribution in [0.3, 0.4) is 0 Å². The van der Waals surface area contributed by atoms with Crippen molar-refractivity contribution in [3.63, 3.8) is 0 Å². The summed E-state index contributed by atoms with van der Waals surface area (Å²) in [5.41, 5.74) is 2.40. The quantitative estimate of drug-likeness (QED) is 0.0355. The first kappa shape index (κ1) is 66.0. The van der Waals surface area contributed by atoms with Crippen molar-refractivity contribution < 1.29 is 56.3 Å². The van der Waals surface area contributed by atoms with Crippen molar-refractivity contribution >= 4 is 17.7 Å². The maximum atomic E-state index is 13.9. The van der Waals surface area contributed by atoms with E-state index in [1.165, 1.54) is 44.9 Å². The van der Waals surface area contributed by atoms with Gasteiger partial charge in [-0.2, -0.15) is 0 Å². The minimum absolute atomic E-state index is 0.0180. The largest absolute Gasteiger partial charge is 0.491 e. The van der Waals surface area contributed by atoms with Gasteiger partial charge in [0.15, 0.2) is 0 Å². The summed E-state index contributed by atoms with van der Waals surface area (Å²) in [6, 6.07) is 18.2. The average molecular weight is 1180 g/mol. The number of methoxy groups -OCH3 is 1. The fourth-order valence-electron chi connectivity index (χ4n) is 11.6. The molecule has 2 aromatic heterocycles. The molecule has 2 aromatic carbocycles. The number of unbranched alkanes of at least 4 members (excludes halogenated alkanes) is 7. The molecule has 4 aromatic rings. The Hall–Kier alpha value is -5.49. The van der Waals surface area contributed by atoms with E-state index in [2.05, 4.69) is 65.0 Å². The normalized spacial score (nSPS) is 18.2. The first-order valence-electron chi connectivity index (χ1n) is 31.0. The summed E-state index contributed by atoms with van der Waals surface area (Å²) in [4.78, 5) is 40.2. The highest BCUT2D eigenvalue weighted by Crippen LogP contribution is 2.42. The molecular formula is C62H94F2N10O10. The van der Waals surface area contributed by atoms with E-state index in [1.54, 1.807) is 31.4 Å². The fraction of sp³-hybridized carbons (Fsp3) is 0.694. The highest BCUT2D eigenvalue weighted by Gasteiger charge is 2.43. The van der Waals surface area contributed by atoms with Gasteiger partial charge in [0.25, 0.3) is 5.91 Å². The second kappa shape index (κ2) is 37.2. The van der Waals surface area contributed by atoms with Crippen molar-refractivity contribution in [2.45, 2.75) is 172 Å². The van der Waals surface area contributed by atoms with Crippen LogP contribution in [0, 0.1) is 12.8 Å². The predicted molar refractivity (Wildman–Crippen MR) is 313 cm³/mol. The molecule has 7 rings (SSSR count). The molecule has 22 heteroatoms. The number of hydrogen-bond donors (Lipinski definition) is 3. The van der Waals surface area contributed by atoms with Gasteiger partial charge in [-0.1, -0.05) is 74.1 Å². The van der Waals surface area contributed by atoms with Crippen molar-refractivity contribution in [1.29, 1.82) is 0 Å². The lowest BCUT2D eigenvalue weighted by Crippen LogP contribution is -2.45. The Balaban J connectivity index is 0.635. The monoisotopic (exact) mass is 1180 g/mol. The third kappa shape index (κ3) is 23.4. The zero-order chi connectivity index (χ0) is 59.0. The van der Waals surface area contributed by atoms with Crippen LogP contribution in [0.1, 0.15) is 161 Å². The molecule has 3 aliphatic rings. The summed E-state index contributed by atoms with van der Waals surface area (Å²) in [5, 5.41) is 26.7. The van der Waals surface area contributed by atoms with Crippen LogP contribution in [0.25, 0.3) is 0 Å². The van der Waals surface area contributed by atoms with Crippen LogP contribution < -0.4 is 20.7 Å². The van der Waals surface area contributed by atoms with Gasteiger partial charge in [-0.25, -0.2) is 8.78 Å². The van der Waals surface area contributed by atoms with Crippen molar-refractivity contribution in [1.82, 2.24) is 50.6 Å². The molecule has 2 saturated heterocycles. The summed E-state index contributed by atoms with van der Waals surface area (Å²) in [6.07, 6.45) is 18.3. The smallest absolute Gasteiger partial charge is 0.251 e. The van der Waals surface area contributed by atoms with Crippen molar-refractivity contribution in [3.05, 3.63) is 89.3 Å². The van der Waals surface area contributed by atoms with E-state index in [9.17, 15) is 23.2 Å². The number of ether oxygens (including phenoxy) is 7. The molecule has 3 amide bonds. The maximum Gasteiger partial charge on any atom is 0.251 e. The Morgan fingerprint density at radius 1 is 0.667 bits per heavy atom. The Labute approximate surface area is 495 Å². The standard InChI is InChI=1S/C62H94F2N10O10/c1-48-68-70-58(74(48)55-43-53-20-21-54(44-55)73(53)32-26-57(49-15-10-9-11-16-49)67-61(77)51-24-27-62(63,64)28-25-51)17-12-7-5-3-4-6-8-13-31-72-45-52(69-71-72)46-82-40-39-80-36-35-79-37-38-81-41-42-84-56-22-18-50(19-23-56)60(76)66-30-14-29-65-59(75)47-83-34-33-78-2/h9-11,15-16,18-19,22-23,45,51,53-55,57H,3-8,12-14,17,20-21,24-44,46-47H2,1-2H3,(H,65,75)(H,66,76)(H,67,77). The topological polar surface area (TPSA) is 217 Å². The summed E-state index contributed by atoms with van der Waals surface area (Å²) in [7, 11) is 1.57. The van der Waals surface area contributed by atoms with Crippen molar-refractivity contribution in [3.8, 4) is 5.75 Å². The number of halogens is 2. The van der Waals surface area contributed by atoms with Crippen LogP contribution in [0.2, 0.25) is 0 Å². The van der Waals surface area contributed by atoms with E-state index in [0.717, 1.165) is 80.9 Å². The number of aromatic nitrogens is 6. The van der Waals surface area contributed by atoms with Crippen LogP contribution >= 0.6 is 0 Å². The molecule has 2 aliphatic heterocycles. The number of aryl methyl sites for hydroxylation is 3. The summed E-state index contributed by atoms with van der Waals surface area (Å²) >= 11 is 0.